The molecule has 124 valence electrons. The van der Waals surface area contributed by atoms with E-state index in [0.29, 0.717) is 4.77 Å². The van der Waals surface area contributed by atoms with Gasteiger partial charge in [0.15, 0.2) is 0 Å². The average molecular weight is 366 g/mol. The number of aromatic nitrogens is 3. The molecule has 0 radical (unpaired) electrons. The number of nitrogens with one attached hydrogen (secondary N) is 1. The maximum absolute atomic E-state index is 6.30. The first-order valence-electron chi connectivity index (χ1n) is 7.97. The van der Waals surface area contributed by atoms with Crippen molar-refractivity contribution in [2.24, 2.45) is 0 Å². The SMILES string of the molecule is Cc1ccc(-c2cn3c(=S)ncc(-c4cccc(Cl)c4C)c3[nH]2)cc1. The van der Waals surface area contributed by atoms with E-state index in [1.165, 1.54) is 5.56 Å². The van der Waals surface area contributed by atoms with Gasteiger partial charge in [0.25, 0.3) is 0 Å². The molecule has 0 fully saturated rings. The van der Waals surface area contributed by atoms with Crippen LogP contribution in [0.3, 0.4) is 0 Å². The Bertz CT molecular complexity index is 1140. The lowest BCUT2D eigenvalue weighted by Gasteiger charge is -2.08. The lowest BCUT2D eigenvalue weighted by molar-refractivity contribution is 1.06. The Morgan fingerprint density at radius 2 is 1.80 bits per heavy atom. The molecule has 0 bridgehead atoms. The monoisotopic (exact) mass is 365 g/mol. The van der Waals surface area contributed by atoms with Gasteiger partial charge in [0.2, 0.25) is 4.77 Å². The summed E-state index contributed by atoms with van der Waals surface area (Å²) in [6.45, 7) is 4.09. The van der Waals surface area contributed by atoms with Gasteiger partial charge in [-0.3, -0.25) is 4.40 Å². The summed E-state index contributed by atoms with van der Waals surface area (Å²) in [7, 11) is 0. The molecule has 1 N–H and O–H groups in total. The Labute approximate surface area is 155 Å². The van der Waals surface area contributed by atoms with Crippen LogP contribution >= 0.6 is 23.8 Å². The van der Waals surface area contributed by atoms with Crippen molar-refractivity contribution >= 4 is 29.5 Å². The number of hydrogen-bond donors (Lipinski definition) is 1. The van der Waals surface area contributed by atoms with Crippen LogP contribution in [0.5, 0.6) is 0 Å². The Kier molecular flexibility index (Phi) is 3.94. The van der Waals surface area contributed by atoms with Gasteiger partial charge in [-0.1, -0.05) is 53.6 Å². The van der Waals surface area contributed by atoms with Crippen LogP contribution in [0.2, 0.25) is 5.02 Å². The Morgan fingerprint density at radius 1 is 1.04 bits per heavy atom. The minimum absolute atomic E-state index is 0.521. The second kappa shape index (κ2) is 6.14. The van der Waals surface area contributed by atoms with Crippen LogP contribution in [0.15, 0.2) is 54.9 Å². The number of benzene rings is 2. The number of fused-ring (bicyclic) bond motifs is 1. The predicted molar refractivity (Wildman–Crippen MR) is 106 cm³/mol. The van der Waals surface area contributed by atoms with Crippen LogP contribution in [0.4, 0.5) is 0 Å². The van der Waals surface area contributed by atoms with Crippen molar-refractivity contribution in [2.75, 3.05) is 0 Å². The predicted octanol–water partition coefficient (Wildman–Crippen LogP) is 6.00. The molecule has 0 aliphatic rings. The molecule has 0 saturated carbocycles. The molecule has 2 aromatic carbocycles. The summed E-state index contributed by atoms with van der Waals surface area (Å²) < 4.78 is 2.44. The molecule has 2 aromatic heterocycles. The molecule has 0 aliphatic heterocycles. The molecule has 5 heteroatoms. The number of halogens is 1. The minimum atomic E-state index is 0.521. The quantitative estimate of drug-likeness (QED) is 0.442. The normalized spacial score (nSPS) is 11.2. The molecule has 4 rings (SSSR count). The smallest absolute Gasteiger partial charge is 0.205 e. The van der Waals surface area contributed by atoms with Gasteiger partial charge >= 0.3 is 0 Å². The van der Waals surface area contributed by atoms with E-state index < -0.39 is 0 Å². The number of rotatable bonds is 2. The zero-order chi connectivity index (χ0) is 17.6. The van der Waals surface area contributed by atoms with Crippen molar-refractivity contribution in [3.63, 3.8) is 0 Å². The molecule has 0 amide bonds. The highest BCUT2D eigenvalue weighted by Crippen LogP contribution is 2.31. The van der Waals surface area contributed by atoms with Crippen LogP contribution in [0, 0.1) is 18.6 Å². The molecular weight excluding hydrogens is 350 g/mol. The highest BCUT2D eigenvalue weighted by Gasteiger charge is 2.13. The van der Waals surface area contributed by atoms with Crippen molar-refractivity contribution in [1.82, 2.24) is 14.4 Å². The molecule has 25 heavy (non-hydrogen) atoms. The first-order chi connectivity index (χ1) is 12.0. The van der Waals surface area contributed by atoms with Crippen LogP contribution in [0.25, 0.3) is 28.0 Å². The van der Waals surface area contributed by atoms with E-state index in [-0.39, 0.29) is 0 Å². The van der Waals surface area contributed by atoms with E-state index in [2.05, 4.69) is 41.2 Å². The van der Waals surface area contributed by atoms with Crippen LogP contribution in [-0.4, -0.2) is 14.4 Å². The summed E-state index contributed by atoms with van der Waals surface area (Å²) in [5.41, 5.74) is 7.31. The minimum Gasteiger partial charge on any atom is -0.339 e. The lowest BCUT2D eigenvalue weighted by atomic mass is 10.0. The molecule has 0 saturated heterocycles. The number of nitrogens with zero attached hydrogens (tertiary/aromatic N) is 2. The fourth-order valence-corrected chi connectivity index (χ4v) is 3.35. The van der Waals surface area contributed by atoms with Gasteiger partial charge in [-0.05, 0) is 48.8 Å². The van der Waals surface area contributed by atoms with E-state index in [4.69, 9.17) is 23.8 Å². The highest BCUT2D eigenvalue weighted by atomic mass is 35.5. The summed E-state index contributed by atoms with van der Waals surface area (Å²) in [5, 5.41) is 0.739. The molecule has 3 nitrogen and oxygen atoms in total. The third-order valence-corrected chi connectivity index (χ3v) is 5.15. The van der Waals surface area contributed by atoms with E-state index in [9.17, 15) is 0 Å². The van der Waals surface area contributed by atoms with Crippen molar-refractivity contribution in [3.8, 4) is 22.4 Å². The van der Waals surface area contributed by atoms with E-state index in [0.717, 1.165) is 38.6 Å². The van der Waals surface area contributed by atoms with Crippen LogP contribution in [-0.2, 0) is 0 Å². The third kappa shape index (κ3) is 2.77. The van der Waals surface area contributed by atoms with Gasteiger partial charge in [0.05, 0.1) is 5.69 Å². The fourth-order valence-electron chi connectivity index (χ4n) is 2.98. The number of aromatic amines is 1. The standard InChI is InChI=1S/C20H16ClN3S/c1-12-6-8-14(9-7-12)18-11-24-19(23-18)16(10-22-20(24)25)15-4-3-5-17(21)13(15)2/h3-11,23H,1-2H3. The van der Waals surface area contributed by atoms with Crippen LogP contribution < -0.4 is 0 Å². The summed E-state index contributed by atoms with van der Waals surface area (Å²) in [4.78, 5) is 7.89. The van der Waals surface area contributed by atoms with Gasteiger partial charge in [-0.25, -0.2) is 4.98 Å². The Hall–Kier alpha value is -2.43. The molecular formula is C20H16ClN3S. The van der Waals surface area contributed by atoms with E-state index in [1.54, 1.807) is 0 Å². The molecule has 0 spiro atoms. The number of H-pyrrole nitrogens is 1. The second-order valence-corrected chi connectivity index (χ2v) is 6.89. The highest BCUT2D eigenvalue weighted by molar-refractivity contribution is 7.71. The summed E-state index contributed by atoms with van der Waals surface area (Å²) >= 11 is 11.7. The summed E-state index contributed by atoms with van der Waals surface area (Å²) in [5.74, 6) is 0. The van der Waals surface area contributed by atoms with Crippen molar-refractivity contribution in [2.45, 2.75) is 13.8 Å². The van der Waals surface area contributed by atoms with Crippen LogP contribution in [0.1, 0.15) is 11.1 Å². The summed E-state index contributed by atoms with van der Waals surface area (Å²) in [6.07, 6.45) is 3.81. The maximum Gasteiger partial charge on any atom is 0.205 e. The average Bonchev–Trinajstić information content (AvgIpc) is 3.05. The van der Waals surface area contributed by atoms with E-state index >= 15 is 0 Å². The van der Waals surface area contributed by atoms with Gasteiger partial charge in [-0.15, -0.1) is 0 Å². The molecule has 4 aromatic rings. The third-order valence-electron chi connectivity index (χ3n) is 4.44. The number of aryl methyl sites for hydroxylation is 1. The second-order valence-electron chi connectivity index (χ2n) is 6.12. The fraction of sp³-hybridized carbons (Fsp3) is 0.100. The van der Waals surface area contributed by atoms with Crippen molar-refractivity contribution < 1.29 is 0 Å². The van der Waals surface area contributed by atoms with Crippen molar-refractivity contribution in [1.29, 1.82) is 0 Å². The van der Waals surface area contributed by atoms with Gasteiger partial charge in [0.1, 0.15) is 5.65 Å². The first kappa shape index (κ1) is 16.1. The molecule has 0 unspecified atom stereocenters. The Morgan fingerprint density at radius 3 is 2.56 bits per heavy atom. The maximum atomic E-state index is 6.30. The molecule has 2 heterocycles. The lowest BCUT2D eigenvalue weighted by Crippen LogP contribution is -1.94. The van der Waals surface area contributed by atoms with Gasteiger partial charge < -0.3 is 4.98 Å². The van der Waals surface area contributed by atoms with Gasteiger partial charge in [0, 0.05) is 23.0 Å². The zero-order valence-corrected chi connectivity index (χ0v) is 15.4. The van der Waals surface area contributed by atoms with E-state index in [1.807, 2.05) is 41.9 Å². The number of imidazole rings is 1. The van der Waals surface area contributed by atoms with Crippen molar-refractivity contribution in [3.05, 3.63) is 75.8 Å². The zero-order valence-electron chi connectivity index (χ0n) is 13.9. The molecule has 0 aliphatic carbocycles. The summed E-state index contributed by atoms with van der Waals surface area (Å²) in [6, 6.07) is 14.3. The molecule has 0 atom stereocenters. The topological polar surface area (TPSA) is 33.1 Å². The van der Waals surface area contributed by atoms with Gasteiger partial charge in [-0.2, -0.15) is 0 Å². The first-order valence-corrected chi connectivity index (χ1v) is 8.76. The largest absolute Gasteiger partial charge is 0.339 e. The Balaban J connectivity index is 1.98. The number of hydrogen-bond acceptors (Lipinski definition) is 2.